The summed E-state index contributed by atoms with van der Waals surface area (Å²) in [7, 11) is 0. The fraction of sp³-hybridized carbons (Fsp3) is 0.118. The molecule has 1 aliphatic heterocycles. The van der Waals surface area contributed by atoms with Gasteiger partial charge in [-0.1, -0.05) is 0 Å². The third-order valence-corrected chi connectivity index (χ3v) is 4.02. The van der Waals surface area contributed by atoms with Gasteiger partial charge in [0.2, 0.25) is 5.91 Å². The molecule has 0 spiro atoms. The number of ether oxygens (including phenoxy) is 2. The highest BCUT2D eigenvalue weighted by atomic mass is 19.3. The lowest BCUT2D eigenvalue weighted by Gasteiger charge is -2.08. The van der Waals surface area contributed by atoms with Crippen LogP contribution >= 0.6 is 0 Å². The minimum atomic E-state index is -3.77. The molecule has 3 aromatic rings. The van der Waals surface area contributed by atoms with Crippen LogP contribution in [0.4, 0.5) is 20.2 Å². The van der Waals surface area contributed by atoms with E-state index in [4.69, 9.17) is 0 Å². The van der Waals surface area contributed by atoms with Crippen molar-refractivity contribution >= 4 is 28.2 Å². The topological polar surface area (TPSA) is 126 Å². The molecule has 1 N–H and O–H groups in total. The van der Waals surface area contributed by atoms with Crippen LogP contribution in [0.15, 0.2) is 47.5 Å². The molecule has 10 nitrogen and oxygen atoms in total. The van der Waals surface area contributed by atoms with Crippen molar-refractivity contribution in [3.63, 3.8) is 0 Å². The maximum absolute atomic E-state index is 13.0. The Morgan fingerprint density at radius 1 is 1.21 bits per heavy atom. The molecule has 0 aliphatic carbocycles. The van der Waals surface area contributed by atoms with E-state index in [1.54, 1.807) is 0 Å². The number of non-ortho nitro benzene ring substituents is 1. The summed E-state index contributed by atoms with van der Waals surface area (Å²) >= 11 is 0. The van der Waals surface area contributed by atoms with Gasteiger partial charge in [0.15, 0.2) is 11.5 Å². The number of benzene rings is 2. The van der Waals surface area contributed by atoms with Gasteiger partial charge in [-0.05, 0) is 18.2 Å². The molecule has 0 unspecified atom stereocenters. The first-order valence-corrected chi connectivity index (χ1v) is 8.05. The van der Waals surface area contributed by atoms with Crippen molar-refractivity contribution in [3.8, 4) is 11.5 Å². The lowest BCUT2D eigenvalue weighted by molar-refractivity contribution is -0.384. The van der Waals surface area contributed by atoms with E-state index >= 15 is 0 Å². The zero-order valence-corrected chi connectivity index (χ0v) is 14.3. The minimum Gasteiger partial charge on any atom is -0.395 e. The molecule has 0 saturated carbocycles. The number of anilines is 1. The smallest absolute Gasteiger partial charge is 0.395 e. The van der Waals surface area contributed by atoms with Gasteiger partial charge in [0.05, 0.1) is 22.2 Å². The van der Waals surface area contributed by atoms with Crippen molar-refractivity contribution in [2.45, 2.75) is 12.8 Å². The van der Waals surface area contributed by atoms with Crippen LogP contribution in [-0.2, 0) is 11.3 Å². The van der Waals surface area contributed by atoms with Gasteiger partial charge in [0.1, 0.15) is 6.54 Å². The number of nitro groups is 1. The normalized spacial score (nSPS) is 14.0. The molecule has 0 radical (unpaired) electrons. The van der Waals surface area contributed by atoms with Crippen molar-refractivity contribution in [1.29, 1.82) is 0 Å². The fourth-order valence-corrected chi connectivity index (χ4v) is 2.75. The minimum absolute atomic E-state index is 0.108. The summed E-state index contributed by atoms with van der Waals surface area (Å²) < 4.78 is 35.7. The van der Waals surface area contributed by atoms with Crippen molar-refractivity contribution in [1.82, 2.24) is 9.55 Å². The van der Waals surface area contributed by atoms with Crippen LogP contribution in [0.1, 0.15) is 0 Å². The van der Waals surface area contributed by atoms with Crippen LogP contribution in [0.2, 0.25) is 0 Å². The van der Waals surface area contributed by atoms with Gasteiger partial charge in [-0.2, -0.15) is 0 Å². The largest absolute Gasteiger partial charge is 0.586 e. The molecule has 29 heavy (non-hydrogen) atoms. The van der Waals surface area contributed by atoms with Crippen LogP contribution in [0.5, 0.6) is 11.5 Å². The molecule has 1 aliphatic rings. The molecule has 148 valence electrons. The highest BCUT2D eigenvalue weighted by molar-refractivity contribution is 5.91. The van der Waals surface area contributed by atoms with Crippen molar-refractivity contribution in [2.24, 2.45) is 0 Å². The number of carbonyl (C=O) groups excluding carboxylic acids is 1. The summed E-state index contributed by atoms with van der Waals surface area (Å²) in [6.45, 7) is -0.413. The maximum atomic E-state index is 13.0. The third kappa shape index (κ3) is 3.54. The van der Waals surface area contributed by atoms with Crippen LogP contribution in [0.3, 0.4) is 0 Å². The second-order valence-electron chi connectivity index (χ2n) is 6.01. The summed E-state index contributed by atoms with van der Waals surface area (Å²) in [5, 5.41) is 13.4. The molecular formula is C17H10F2N4O6. The standard InChI is InChI=1S/C17H10F2N4O6/c18-17(19)28-13-4-1-9(5-14(13)29-17)21-15(24)7-22-8-20-12-6-10(23(26)27)2-3-11(12)16(22)25/h1-6,8H,7H2,(H,21,24). The van der Waals surface area contributed by atoms with E-state index in [9.17, 15) is 28.5 Å². The number of amides is 1. The molecule has 2 heterocycles. The van der Waals surface area contributed by atoms with E-state index in [1.807, 2.05) is 0 Å². The number of halogens is 2. The Hall–Kier alpha value is -4.09. The van der Waals surface area contributed by atoms with Crippen molar-refractivity contribution in [2.75, 3.05) is 5.32 Å². The zero-order chi connectivity index (χ0) is 20.8. The van der Waals surface area contributed by atoms with Gasteiger partial charge in [-0.25, -0.2) is 4.98 Å². The summed E-state index contributed by atoms with van der Waals surface area (Å²) in [6.07, 6.45) is -2.68. The molecule has 4 rings (SSSR count). The molecule has 1 aromatic heterocycles. The Kier molecular flexibility index (Phi) is 4.10. The molecule has 2 aromatic carbocycles. The van der Waals surface area contributed by atoms with Gasteiger partial charge in [-0.15, -0.1) is 8.78 Å². The first-order valence-electron chi connectivity index (χ1n) is 8.05. The van der Waals surface area contributed by atoms with Crippen LogP contribution in [0, 0.1) is 10.1 Å². The third-order valence-electron chi connectivity index (χ3n) is 4.02. The number of nitro benzene ring substituents is 1. The Morgan fingerprint density at radius 2 is 1.97 bits per heavy atom. The highest BCUT2D eigenvalue weighted by Gasteiger charge is 2.43. The molecule has 0 bridgehead atoms. The summed E-state index contributed by atoms with van der Waals surface area (Å²) in [5.74, 6) is -1.03. The molecule has 12 heteroatoms. The van der Waals surface area contributed by atoms with Crippen LogP contribution in [0.25, 0.3) is 10.9 Å². The number of fused-ring (bicyclic) bond motifs is 2. The summed E-state index contributed by atoms with van der Waals surface area (Å²) in [4.78, 5) is 38.9. The average molecular weight is 404 g/mol. The van der Waals surface area contributed by atoms with Gasteiger partial charge < -0.3 is 14.8 Å². The van der Waals surface area contributed by atoms with Gasteiger partial charge in [0.25, 0.3) is 11.2 Å². The Balaban J connectivity index is 1.52. The average Bonchev–Trinajstić information content (AvgIpc) is 2.96. The summed E-state index contributed by atoms with van der Waals surface area (Å²) in [5.41, 5.74) is -0.497. The van der Waals surface area contributed by atoms with E-state index in [1.165, 1.54) is 18.2 Å². The molecule has 0 saturated heterocycles. The summed E-state index contributed by atoms with van der Waals surface area (Å²) in [6, 6.07) is 7.29. The Labute approximate surface area is 159 Å². The van der Waals surface area contributed by atoms with E-state index in [0.29, 0.717) is 0 Å². The zero-order valence-electron chi connectivity index (χ0n) is 14.3. The fourth-order valence-electron chi connectivity index (χ4n) is 2.75. The van der Waals surface area contributed by atoms with E-state index in [2.05, 4.69) is 19.8 Å². The number of rotatable bonds is 4. The molecular weight excluding hydrogens is 394 g/mol. The molecule has 0 atom stereocenters. The van der Waals surface area contributed by atoms with Gasteiger partial charge in [0, 0.05) is 23.9 Å². The monoisotopic (exact) mass is 404 g/mol. The van der Waals surface area contributed by atoms with Gasteiger partial charge in [-0.3, -0.25) is 24.3 Å². The second-order valence-corrected chi connectivity index (χ2v) is 6.01. The highest BCUT2D eigenvalue weighted by Crippen LogP contribution is 2.42. The lowest BCUT2D eigenvalue weighted by atomic mass is 10.2. The van der Waals surface area contributed by atoms with Crippen LogP contribution in [-0.4, -0.2) is 26.7 Å². The van der Waals surface area contributed by atoms with E-state index in [-0.39, 0.29) is 33.8 Å². The van der Waals surface area contributed by atoms with Gasteiger partial charge >= 0.3 is 6.29 Å². The first kappa shape index (κ1) is 18.3. The Bertz CT molecular complexity index is 1230. The first-order chi connectivity index (χ1) is 13.7. The number of nitrogens with zero attached hydrogens (tertiary/aromatic N) is 3. The quantitative estimate of drug-likeness (QED) is 0.522. The van der Waals surface area contributed by atoms with E-state index in [0.717, 1.165) is 29.1 Å². The van der Waals surface area contributed by atoms with E-state index < -0.39 is 29.2 Å². The maximum Gasteiger partial charge on any atom is 0.586 e. The number of hydrogen-bond acceptors (Lipinski definition) is 7. The molecule has 0 fully saturated rings. The predicted octanol–water partition coefficient (Wildman–Crippen LogP) is 2.26. The number of nitrogens with one attached hydrogen (secondary N) is 1. The van der Waals surface area contributed by atoms with Crippen LogP contribution < -0.4 is 20.3 Å². The van der Waals surface area contributed by atoms with Crippen molar-refractivity contribution in [3.05, 3.63) is 63.2 Å². The number of aromatic nitrogens is 2. The predicted molar refractivity (Wildman–Crippen MR) is 93.9 cm³/mol. The Morgan fingerprint density at radius 3 is 2.72 bits per heavy atom. The lowest BCUT2D eigenvalue weighted by Crippen LogP contribution is -2.28. The number of hydrogen-bond donors (Lipinski definition) is 1. The molecule has 1 amide bonds. The van der Waals surface area contributed by atoms with Crippen molar-refractivity contribution < 1.29 is 28.0 Å². The number of alkyl halides is 2. The second kappa shape index (κ2) is 6.51. The SMILES string of the molecule is O=C(Cn1cnc2cc([N+](=O)[O-])ccc2c1=O)Nc1ccc2c(c1)OC(F)(F)O2. The number of carbonyl (C=O) groups is 1.